The molecule has 0 aromatic carbocycles. The number of rotatable bonds is 4. The minimum Gasteiger partial charge on any atom is -0.333 e. The van der Waals surface area contributed by atoms with E-state index < -0.39 is 0 Å². The second kappa shape index (κ2) is 5.52. The first-order valence-electron chi connectivity index (χ1n) is 6.64. The van der Waals surface area contributed by atoms with Gasteiger partial charge in [0.2, 0.25) is 0 Å². The minimum absolute atomic E-state index is 0.0167. The molecular weight excluding hydrogens is 228 g/mol. The molecule has 1 fully saturated rings. The van der Waals surface area contributed by atoms with Crippen LogP contribution in [0.3, 0.4) is 0 Å². The van der Waals surface area contributed by atoms with Crippen LogP contribution < -0.4 is 5.32 Å². The van der Waals surface area contributed by atoms with Crippen LogP contribution >= 0.6 is 0 Å². The topological polar surface area (TPSA) is 61.0 Å². The number of H-pyrrole nitrogens is 1. The Balaban J connectivity index is 2.06. The lowest BCUT2D eigenvalue weighted by Crippen LogP contribution is -2.44. The largest absolute Gasteiger partial charge is 0.333 e. The van der Waals surface area contributed by atoms with Crippen molar-refractivity contribution >= 4 is 5.91 Å². The van der Waals surface area contributed by atoms with E-state index in [-0.39, 0.29) is 11.9 Å². The van der Waals surface area contributed by atoms with Gasteiger partial charge in [-0.05, 0) is 46.2 Å². The lowest BCUT2D eigenvalue weighted by atomic mass is 10.1. The molecule has 0 spiro atoms. The van der Waals surface area contributed by atoms with Crippen LogP contribution in [-0.4, -0.2) is 46.2 Å². The minimum atomic E-state index is 0.0167. The lowest BCUT2D eigenvalue weighted by Gasteiger charge is -2.28. The maximum atomic E-state index is 12.4. The summed E-state index contributed by atoms with van der Waals surface area (Å²) in [6.45, 7) is 7.83. The number of nitrogens with one attached hydrogen (secondary N) is 2. The van der Waals surface area contributed by atoms with Crippen molar-refractivity contribution in [2.45, 2.75) is 45.7 Å². The maximum absolute atomic E-state index is 12.4. The summed E-state index contributed by atoms with van der Waals surface area (Å²) in [6, 6.07) is 2.42. The predicted octanol–water partition coefficient (Wildman–Crippen LogP) is 1.32. The van der Waals surface area contributed by atoms with E-state index in [2.05, 4.69) is 15.5 Å². The van der Waals surface area contributed by atoms with Crippen LogP contribution in [0.25, 0.3) is 0 Å². The zero-order valence-corrected chi connectivity index (χ0v) is 11.4. The highest BCUT2D eigenvalue weighted by Gasteiger charge is 2.25. The van der Waals surface area contributed by atoms with E-state index in [0.29, 0.717) is 11.7 Å². The predicted molar refractivity (Wildman–Crippen MR) is 70.5 cm³/mol. The average molecular weight is 250 g/mol. The van der Waals surface area contributed by atoms with Gasteiger partial charge in [0.05, 0.1) is 0 Å². The van der Waals surface area contributed by atoms with Gasteiger partial charge in [-0.1, -0.05) is 0 Å². The summed E-state index contributed by atoms with van der Waals surface area (Å²) in [4.78, 5) is 14.3. The third-order valence-electron chi connectivity index (χ3n) is 3.39. The third-order valence-corrected chi connectivity index (χ3v) is 3.39. The number of hydrogen-bond acceptors (Lipinski definition) is 3. The van der Waals surface area contributed by atoms with Gasteiger partial charge >= 0.3 is 0 Å². The summed E-state index contributed by atoms with van der Waals surface area (Å²) < 4.78 is 0. The summed E-state index contributed by atoms with van der Waals surface area (Å²) >= 11 is 0. The number of carbonyl (C=O) groups is 1. The highest BCUT2D eigenvalue weighted by Crippen LogP contribution is 2.12. The van der Waals surface area contributed by atoms with Gasteiger partial charge in [0.15, 0.2) is 0 Å². The summed E-state index contributed by atoms with van der Waals surface area (Å²) in [6.07, 6.45) is 2.35. The van der Waals surface area contributed by atoms with Crippen molar-refractivity contribution in [3.8, 4) is 0 Å². The first kappa shape index (κ1) is 13.1. The standard InChI is InChI=1S/C13H22N4O/c1-9(2)17(8-11-5-4-6-14-11)13(18)12-7-10(3)15-16-12/h7,9,11,14H,4-6,8H2,1-3H3,(H,15,16). The van der Waals surface area contributed by atoms with E-state index >= 15 is 0 Å². The quantitative estimate of drug-likeness (QED) is 0.847. The van der Waals surface area contributed by atoms with Gasteiger partial charge in [-0.15, -0.1) is 0 Å². The first-order valence-corrected chi connectivity index (χ1v) is 6.64. The van der Waals surface area contributed by atoms with Gasteiger partial charge in [-0.3, -0.25) is 9.89 Å². The molecule has 1 aromatic heterocycles. The molecule has 0 radical (unpaired) electrons. The smallest absolute Gasteiger partial charge is 0.274 e. The summed E-state index contributed by atoms with van der Waals surface area (Å²) in [5.74, 6) is 0.0167. The summed E-state index contributed by atoms with van der Waals surface area (Å²) in [5.41, 5.74) is 1.43. The maximum Gasteiger partial charge on any atom is 0.274 e. The van der Waals surface area contributed by atoms with E-state index in [0.717, 1.165) is 25.2 Å². The van der Waals surface area contributed by atoms with Crippen molar-refractivity contribution in [1.82, 2.24) is 20.4 Å². The second-order valence-corrected chi connectivity index (χ2v) is 5.28. The van der Waals surface area contributed by atoms with Gasteiger partial charge in [0.25, 0.3) is 5.91 Å². The molecule has 18 heavy (non-hydrogen) atoms. The fraction of sp³-hybridized carbons (Fsp3) is 0.692. The zero-order chi connectivity index (χ0) is 13.1. The van der Waals surface area contributed by atoms with Crippen LogP contribution in [0, 0.1) is 6.92 Å². The molecule has 1 unspecified atom stereocenters. The van der Waals surface area contributed by atoms with Crippen LogP contribution in [0.4, 0.5) is 0 Å². The third kappa shape index (κ3) is 2.90. The molecule has 2 N–H and O–H groups in total. The van der Waals surface area contributed by atoms with Crippen LogP contribution in [0.1, 0.15) is 42.9 Å². The van der Waals surface area contributed by atoms with Crippen molar-refractivity contribution in [1.29, 1.82) is 0 Å². The number of hydrogen-bond donors (Lipinski definition) is 2. The summed E-state index contributed by atoms with van der Waals surface area (Å²) in [5, 5.41) is 10.3. The van der Waals surface area contributed by atoms with Crippen molar-refractivity contribution in [3.05, 3.63) is 17.5 Å². The Kier molecular flexibility index (Phi) is 4.01. The number of aryl methyl sites for hydroxylation is 1. The van der Waals surface area contributed by atoms with Gasteiger partial charge < -0.3 is 10.2 Å². The molecule has 100 valence electrons. The Morgan fingerprint density at radius 1 is 1.61 bits per heavy atom. The average Bonchev–Trinajstić information content (AvgIpc) is 2.95. The molecule has 1 aromatic rings. The molecule has 2 heterocycles. The number of aromatic nitrogens is 2. The van der Waals surface area contributed by atoms with Gasteiger partial charge in [-0.25, -0.2) is 0 Å². The summed E-state index contributed by atoms with van der Waals surface area (Å²) in [7, 11) is 0. The Labute approximate surface area is 108 Å². The highest BCUT2D eigenvalue weighted by molar-refractivity contribution is 5.92. The Hall–Kier alpha value is -1.36. The monoisotopic (exact) mass is 250 g/mol. The fourth-order valence-electron chi connectivity index (χ4n) is 2.35. The fourth-order valence-corrected chi connectivity index (χ4v) is 2.35. The van der Waals surface area contributed by atoms with Crippen molar-refractivity contribution < 1.29 is 4.79 Å². The molecule has 5 nitrogen and oxygen atoms in total. The molecule has 5 heteroatoms. The molecule has 1 atom stereocenters. The second-order valence-electron chi connectivity index (χ2n) is 5.28. The molecule has 1 saturated heterocycles. The van der Waals surface area contributed by atoms with E-state index in [1.807, 2.05) is 25.7 Å². The van der Waals surface area contributed by atoms with Crippen molar-refractivity contribution in [2.75, 3.05) is 13.1 Å². The number of nitrogens with zero attached hydrogens (tertiary/aromatic N) is 2. The van der Waals surface area contributed by atoms with Crippen molar-refractivity contribution in [2.24, 2.45) is 0 Å². The SMILES string of the molecule is Cc1cc(C(=O)N(CC2CCCN2)C(C)C)n[nH]1. The number of carbonyl (C=O) groups excluding carboxylic acids is 1. The normalized spacial score (nSPS) is 19.4. The van der Waals surface area contributed by atoms with E-state index in [9.17, 15) is 4.79 Å². The number of amides is 1. The molecule has 1 aliphatic rings. The van der Waals surface area contributed by atoms with E-state index in [1.165, 1.54) is 6.42 Å². The lowest BCUT2D eigenvalue weighted by molar-refractivity contribution is 0.0683. The molecule has 2 rings (SSSR count). The molecule has 0 saturated carbocycles. The van der Waals surface area contributed by atoms with Gasteiger partial charge in [-0.2, -0.15) is 5.10 Å². The molecular formula is C13H22N4O. The zero-order valence-electron chi connectivity index (χ0n) is 11.4. The van der Waals surface area contributed by atoms with Gasteiger partial charge in [0.1, 0.15) is 5.69 Å². The van der Waals surface area contributed by atoms with E-state index in [1.54, 1.807) is 6.07 Å². The van der Waals surface area contributed by atoms with Crippen LogP contribution in [-0.2, 0) is 0 Å². The van der Waals surface area contributed by atoms with Crippen LogP contribution in [0.2, 0.25) is 0 Å². The Morgan fingerprint density at radius 3 is 2.89 bits per heavy atom. The Bertz CT molecular complexity index is 407. The van der Waals surface area contributed by atoms with Crippen LogP contribution in [0.5, 0.6) is 0 Å². The van der Waals surface area contributed by atoms with Crippen molar-refractivity contribution in [3.63, 3.8) is 0 Å². The molecule has 1 amide bonds. The highest BCUT2D eigenvalue weighted by atomic mass is 16.2. The van der Waals surface area contributed by atoms with Gasteiger partial charge in [0, 0.05) is 24.3 Å². The Morgan fingerprint density at radius 2 is 2.39 bits per heavy atom. The number of aromatic amines is 1. The van der Waals surface area contributed by atoms with E-state index in [4.69, 9.17) is 0 Å². The first-order chi connectivity index (χ1) is 8.58. The molecule has 0 aliphatic carbocycles. The molecule has 0 bridgehead atoms. The molecule has 1 aliphatic heterocycles. The van der Waals surface area contributed by atoms with Crippen LogP contribution in [0.15, 0.2) is 6.07 Å².